The molecule has 3 aromatic heterocycles. The van der Waals surface area contributed by atoms with Crippen LogP contribution in [0.3, 0.4) is 0 Å². The molecule has 8 heteroatoms. The molecule has 0 saturated heterocycles. The molecule has 0 fully saturated rings. The van der Waals surface area contributed by atoms with E-state index in [1.165, 1.54) is 23.9 Å². The van der Waals surface area contributed by atoms with Crippen molar-refractivity contribution in [3.8, 4) is 10.8 Å². The van der Waals surface area contributed by atoms with Gasteiger partial charge in [-0.2, -0.15) is 0 Å². The number of imidazole rings is 1. The zero-order valence-corrected chi connectivity index (χ0v) is 11.3. The van der Waals surface area contributed by atoms with Crippen molar-refractivity contribution in [2.75, 3.05) is 0 Å². The van der Waals surface area contributed by atoms with E-state index in [0.29, 0.717) is 6.54 Å². The molecule has 0 atom stereocenters. The fourth-order valence-corrected chi connectivity index (χ4v) is 2.53. The predicted molar refractivity (Wildman–Crippen MR) is 72.5 cm³/mol. The van der Waals surface area contributed by atoms with Crippen LogP contribution in [0.5, 0.6) is 0 Å². The molecular formula is C12H10N4O3S. The first-order valence-corrected chi connectivity index (χ1v) is 6.67. The number of aromatic nitrogens is 3. The summed E-state index contributed by atoms with van der Waals surface area (Å²) in [6, 6.07) is 3.76. The summed E-state index contributed by atoms with van der Waals surface area (Å²) in [5, 5.41) is 13.3. The third-order valence-electron chi connectivity index (χ3n) is 2.65. The quantitative estimate of drug-likeness (QED) is 0.544. The smallest absolute Gasteiger partial charge is 0.381 e. The minimum atomic E-state index is -0.519. The first kappa shape index (κ1) is 12.5. The second-order valence-electron chi connectivity index (χ2n) is 4.22. The SMILES string of the molecule is Cc1ccc(-c2nc(Cn3cnc([N+](=O)[O-])c3)cs2)o1. The monoisotopic (exact) mass is 290 g/mol. The van der Waals surface area contributed by atoms with Gasteiger partial charge in [-0.25, -0.2) is 4.98 Å². The van der Waals surface area contributed by atoms with Gasteiger partial charge in [0.25, 0.3) is 0 Å². The number of nitrogens with zero attached hydrogens (tertiary/aromatic N) is 4. The topological polar surface area (TPSA) is 87.0 Å². The Morgan fingerprint density at radius 1 is 1.50 bits per heavy atom. The molecule has 3 heterocycles. The Labute approximate surface area is 117 Å². The van der Waals surface area contributed by atoms with E-state index >= 15 is 0 Å². The summed E-state index contributed by atoms with van der Waals surface area (Å²) < 4.78 is 7.14. The Morgan fingerprint density at radius 2 is 2.35 bits per heavy atom. The molecule has 0 saturated carbocycles. The minimum Gasteiger partial charge on any atom is -0.459 e. The number of thiazole rings is 1. The average Bonchev–Trinajstić information content (AvgIpc) is 3.09. The van der Waals surface area contributed by atoms with Crippen molar-refractivity contribution in [2.24, 2.45) is 0 Å². The highest BCUT2D eigenvalue weighted by Crippen LogP contribution is 2.25. The van der Waals surface area contributed by atoms with Crippen LogP contribution >= 0.6 is 11.3 Å². The van der Waals surface area contributed by atoms with E-state index in [1.54, 1.807) is 4.57 Å². The van der Waals surface area contributed by atoms with Crippen LogP contribution in [0.2, 0.25) is 0 Å². The fraction of sp³-hybridized carbons (Fsp3) is 0.167. The van der Waals surface area contributed by atoms with Crippen molar-refractivity contribution in [2.45, 2.75) is 13.5 Å². The third kappa shape index (κ3) is 2.45. The van der Waals surface area contributed by atoms with Crippen molar-refractivity contribution < 1.29 is 9.34 Å². The number of nitro groups is 1. The molecule has 102 valence electrons. The molecule has 0 spiro atoms. The summed E-state index contributed by atoms with van der Waals surface area (Å²) in [6.07, 6.45) is 2.81. The zero-order valence-electron chi connectivity index (χ0n) is 10.5. The molecule has 3 aromatic rings. The molecule has 0 bridgehead atoms. The standard InChI is InChI=1S/C12H10N4O3S/c1-8-2-3-10(19-8)12-14-9(6-20-12)4-15-5-11(13-7-15)16(17)18/h2-3,5-7H,4H2,1H3. The van der Waals surface area contributed by atoms with Gasteiger partial charge in [-0.15, -0.1) is 11.3 Å². The largest absolute Gasteiger partial charge is 0.459 e. The van der Waals surface area contributed by atoms with Crippen molar-refractivity contribution in [3.05, 3.63) is 51.6 Å². The predicted octanol–water partition coefficient (Wildman–Crippen LogP) is 2.86. The van der Waals surface area contributed by atoms with E-state index in [0.717, 1.165) is 22.2 Å². The highest BCUT2D eigenvalue weighted by molar-refractivity contribution is 7.13. The van der Waals surface area contributed by atoms with Gasteiger partial charge in [0.2, 0.25) is 6.33 Å². The molecule has 0 aliphatic rings. The maximum Gasteiger partial charge on any atom is 0.381 e. The van der Waals surface area contributed by atoms with E-state index in [9.17, 15) is 10.1 Å². The maximum atomic E-state index is 10.6. The molecule has 0 amide bonds. The molecule has 0 aliphatic carbocycles. The Morgan fingerprint density at radius 3 is 3.00 bits per heavy atom. The summed E-state index contributed by atoms with van der Waals surface area (Å²) >= 11 is 1.48. The highest BCUT2D eigenvalue weighted by Gasteiger charge is 2.12. The number of furan rings is 1. The lowest BCUT2D eigenvalue weighted by molar-refractivity contribution is -0.389. The van der Waals surface area contributed by atoms with Crippen molar-refractivity contribution in [1.82, 2.24) is 14.5 Å². The van der Waals surface area contributed by atoms with E-state index in [1.807, 2.05) is 24.4 Å². The third-order valence-corrected chi connectivity index (χ3v) is 3.56. The molecule has 20 heavy (non-hydrogen) atoms. The van der Waals surface area contributed by atoms with Crippen LogP contribution in [0.1, 0.15) is 11.5 Å². The Kier molecular flexibility index (Phi) is 3.07. The second kappa shape index (κ2) is 4.89. The molecule has 0 N–H and O–H groups in total. The number of hydrogen-bond donors (Lipinski definition) is 0. The van der Waals surface area contributed by atoms with Crippen LogP contribution in [0.25, 0.3) is 10.8 Å². The van der Waals surface area contributed by atoms with Gasteiger partial charge in [-0.1, -0.05) is 0 Å². The van der Waals surface area contributed by atoms with Gasteiger partial charge in [0.05, 0.1) is 12.2 Å². The minimum absolute atomic E-state index is 0.165. The number of aryl methyl sites for hydroxylation is 1. The van der Waals surface area contributed by atoms with Crippen molar-refractivity contribution >= 4 is 17.2 Å². The van der Waals surface area contributed by atoms with E-state index in [4.69, 9.17) is 4.42 Å². The Hall–Kier alpha value is -2.48. The van der Waals surface area contributed by atoms with Crippen LogP contribution in [0.15, 0.2) is 34.5 Å². The lowest BCUT2D eigenvalue weighted by Gasteiger charge is -1.95. The maximum absolute atomic E-state index is 10.6. The number of hydrogen-bond acceptors (Lipinski definition) is 6. The van der Waals surface area contributed by atoms with Crippen molar-refractivity contribution in [3.63, 3.8) is 0 Å². The lowest BCUT2D eigenvalue weighted by Crippen LogP contribution is -1.96. The molecule has 0 aliphatic heterocycles. The molecule has 0 aromatic carbocycles. The molecule has 0 radical (unpaired) electrons. The van der Waals surface area contributed by atoms with Gasteiger partial charge >= 0.3 is 5.82 Å². The van der Waals surface area contributed by atoms with Gasteiger partial charge in [0, 0.05) is 5.38 Å². The number of rotatable bonds is 4. The van der Waals surface area contributed by atoms with E-state index in [-0.39, 0.29) is 5.82 Å². The van der Waals surface area contributed by atoms with Gasteiger partial charge in [-0.05, 0) is 29.0 Å². The van der Waals surface area contributed by atoms with Crippen LogP contribution in [0.4, 0.5) is 5.82 Å². The van der Waals surface area contributed by atoms with Crippen LogP contribution in [-0.2, 0) is 6.54 Å². The summed E-state index contributed by atoms with van der Waals surface area (Å²) in [4.78, 5) is 18.2. The molecule has 7 nitrogen and oxygen atoms in total. The molecular weight excluding hydrogens is 280 g/mol. The van der Waals surface area contributed by atoms with Gasteiger partial charge < -0.3 is 19.1 Å². The van der Waals surface area contributed by atoms with E-state index < -0.39 is 4.92 Å². The average molecular weight is 290 g/mol. The van der Waals surface area contributed by atoms with Crippen LogP contribution in [0, 0.1) is 17.0 Å². The summed E-state index contributed by atoms with van der Waals surface area (Å²) in [7, 11) is 0. The first-order valence-electron chi connectivity index (χ1n) is 5.79. The Bertz CT molecular complexity index is 758. The second-order valence-corrected chi connectivity index (χ2v) is 5.07. The molecule has 3 rings (SSSR count). The Balaban J connectivity index is 1.78. The molecule has 0 unspecified atom stereocenters. The van der Waals surface area contributed by atoms with Gasteiger partial charge in [0.1, 0.15) is 12.0 Å². The van der Waals surface area contributed by atoms with Crippen molar-refractivity contribution in [1.29, 1.82) is 0 Å². The zero-order chi connectivity index (χ0) is 14.1. The van der Waals surface area contributed by atoms with Gasteiger partial charge in [-0.3, -0.25) is 0 Å². The van der Waals surface area contributed by atoms with Gasteiger partial charge in [0.15, 0.2) is 10.8 Å². The summed E-state index contributed by atoms with van der Waals surface area (Å²) in [5.74, 6) is 1.40. The summed E-state index contributed by atoms with van der Waals surface area (Å²) in [6.45, 7) is 2.32. The fourth-order valence-electron chi connectivity index (χ4n) is 1.76. The highest BCUT2D eigenvalue weighted by atomic mass is 32.1. The first-order chi connectivity index (χ1) is 9.61. The normalized spacial score (nSPS) is 10.8. The van der Waals surface area contributed by atoms with Crippen LogP contribution in [-0.4, -0.2) is 19.5 Å². The van der Waals surface area contributed by atoms with Crippen LogP contribution < -0.4 is 0 Å². The van der Waals surface area contributed by atoms with E-state index in [2.05, 4.69) is 9.97 Å². The lowest BCUT2D eigenvalue weighted by atomic mass is 10.4. The summed E-state index contributed by atoms with van der Waals surface area (Å²) in [5.41, 5.74) is 0.811.